The van der Waals surface area contributed by atoms with Gasteiger partial charge in [-0.3, -0.25) is 4.79 Å². The van der Waals surface area contributed by atoms with Gasteiger partial charge in [-0.15, -0.1) is 0 Å². The van der Waals surface area contributed by atoms with E-state index in [0.29, 0.717) is 0 Å². The molecule has 0 radical (unpaired) electrons. The van der Waals surface area contributed by atoms with Crippen LogP contribution in [0.25, 0.3) is 0 Å². The molecular weight excluding hydrogens is 174 g/mol. The summed E-state index contributed by atoms with van der Waals surface area (Å²) in [6, 6.07) is 1.87. The fourth-order valence-electron chi connectivity index (χ4n) is 1.52. The van der Waals surface area contributed by atoms with Gasteiger partial charge in [0.15, 0.2) is 0 Å². The SMILES string of the molecule is CC1(C)CC1(C=CC#N)C(=O)Cl. The molecule has 1 aliphatic carbocycles. The number of carbonyl (C=O) groups excluding carboxylic acids is 1. The van der Waals surface area contributed by atoms with Crippen LogP contribution in [0.5, 0.6) is 0 Å². The van der Waals surface area contributed by atoms with Crippen LogP contribution in [0.2, 0.25) is 0 Å². The van der Waals surface area contributed by atoms with E-state index in [-0.39, 0.29) is 10.7 Å². The van der Waals surface area contributed by atoms with Crippen LogP contribution >= 0.6 is 11.6 Å². The molecule has 0 aromatic heterocycles. The molecule has 0 spiro atoms. The van der Waals surface area contributed by atoms with E-state index in [9.17, 15) is 4.79 Å². The van der Waals surface area contributed by atoms with Gasteiger partial charge in [-0.25, -0.2) is 0 Å². The summed E-state index contributed by atoms with van der Waals surface area (Å²) < 4.78 is 0. The van der Waals surface area contributed by atoms with Gasteiger partial charge in [0.1, 0.15) is 0 Å². The molecule has 3 heteroatoms. The second kappa shape index (κ2) is 2.60. The standard InChI is InChI=1S/C9H10ClNO/c1-8(2)6-9(8,7(10)12)4-3-5-11/h3-4H,6H2,1-2H3. The van der Waals surface area contributed by atoms with Gasteiger partial charge in [-0.05, 0) is 23.4 Å². The monoisotopic (exact) mass is 183 g/mol. The van der Waals surface area contributed by atoms with Gasteiger partial charge in [0.25, 0.3) is 0 Å². The molecule has 0 aliphatic heterocycles. The molecule has 0 N–H and O–H groups in total. The second-order valence-corrected chi connectivity index (χ2v) is 4.11. The summed E-state index contributed by atoms with van der Waals surface area (Å²) in [6.45, 7) is 3.93. The Kier molecular flexibility index (Phi) is 2.01. The zero-order valence-electron chi connectivity index (χ0n) is 7.10. The number of rotatable bonds is 2. The molecule has 0 aromatic carbocycles. The molecule has 1 rings (SSSR count). The van der Waals surface area contributed by atoms with Gasteiger partial charge >= 0.3 is 0 Å². The van der Waals surface area contributed by atoms with E-state index in [4.69, 9.17) is 16.9 Å². The third-order valence-electron chi connectivity index (χ3n) is 2.60. The van der Waals surface area contributed by atoms with E-state index in [1.165, 1.54) is 6.08 Å². The van der Waals surface area contributed by atoms with Crippen LogP contribution in [0.3, 0.4) is 0 Å². The molecule has 0 aromatic rings. The largest absolute Gasteiger partial charge is 0.280 e. The average molecular weight is 184 g/mol. The lowest BCUT2D eigenvalue weighted by Crippen LogP contribution is -2.13. The molecule has 1 atom stereocenters. The van der Waals surface area contributed by atoms with Gasteiger partial charge in [0.2, 0.25) is 5.24 Å². The number of hydrogen-bond acceptors (Lipinski definition) is 2. The van der Waals surface area contributed by atoms with Gasteiger partial charge < -0.3 is 0 Å². The first-order valence-corrected chi connectivity index (χ1v) is 4.11. The summed E-state index contributed by atoms with van der Waals surface area (Å²) >= 11 is 5.45. The molecule has 1 fully saturated rings. The van der Waals surface area contributed by atoms with Crippen LogP contribution in [0.4, 0.5) is 0 Å². The number of nitrogens with zero attached hydrogens (tertiary/aromatic N) is 1. The number of allylic oxidation sites excluding steroid dienone is 2. The highest BCUT2D eigenvalue weighted by atomic mass is 35.5. The highest BCUT2D eigenvalue weighted by Gasteiger charge is 2.63. The molecule has 1 unspecified atom stereocenters. The first kappa shape index (κ1) is 9.28. The molecule has 12 heavy (non-hydrogen) atoms. The molecule has 1 saturated carbocycles. The molecule has 0 saturated heterocycles. The van der Waals surface area contributed by atoms with E-state index in [0.717, 1.165) is 6.42 Å². The molecule has 2 nitrogen and oxygen atoms in total. The molecular formula is C9H10ClNO. The van der Waals surface area contributed by atoms with Crippen molar-refractivity contribution >= 4 is 16.8 Å². The minimum Gasteiger partial charge on any atom is -0.280 e. The van der Waals surface area contributed by atoms with Crippen molar-refractivity contribution in [3.05, 3.63) is 12.2 Å². The van der Waals surface area contributed by atoms with Crippen molar-refractivity contribution in [2.45, 2.75) is 20.3 Å². The molecule has 64 valence electrons. The van der Waals surface area contributed by atoms with Crippen molar-refractivity contribution in [2.24, 2.45) is 10.8 Å². The van der Waals surface area contributed by atoms with Gasteiger partial charge in [0, 0.05) is 6.08 Å². The smallest absolute Gasteiger partial charge is 0.232 e. The summed E-state index contributed by atoms with van der Waals surface area (Å²) in [5, 5.41) is 7.96. The normalized spacial score (nSPS) is 31.5. The quantitative estimate of drug-likeness (QED) is 0.487. The fraction of sp³-hybridized carbons (Fsp3) is 0.556. The lowest BCUT2D eigenvalue weighted by atomic mass is 9.97. The number of nitriles is 1. The Morgan fingerprint density at radius 2 is 2.17 bits per heavy atom. The summed E-state index contributed by atoms with van der Waals surface area (Å²) in [7, 11) is 0. The zero-order chi connectivity index (χ0) is 9.41. The summed E-state index contributed by atoms with van der Waals surface area (Å²) in [5.41, 5.74) is -0.663. The minimum atomic E-state index is -0.579. The Morgan fingerprint density at radius 1 is 1.67 bits per heavy atom. The Balaban J connectivity index is 2.89. The maximum Gasteiger partial charge on any atom is 0.232 e. The highest BCUT2D eigenvalue weighted by molar-refractivity contribution is 6.65. The number of hydrogen-bond donors (Lipinski definition) is 0. The summed E-state index contributed by atoms with van der Waals surface area (Å²) in [4.78, 5) is 11.1. The average Bonchev–Trinajstić information content (AvgIpc) is 2.51. The molecule has 0 bridgehead atoms. The second-order valence-electron chi connectivity index (χ2n) is 3.77. The van der Waals surface area contributed by atoms with Crippen molar-refractivity contribution in [3.63, 3.8) is 0 Å². The Bertz CT molecular complexity index is 287. The van der Waals surface area contributed by atoms with E-state index < -0.39 is 5.41 Å². The fourth-order valence-corrected chi connectivity index (χ4v) is 1.90. The van der Waals surface area contributed by atoms with Crippen molar-refractivity contribution in [2.75, 3.05) is 0 Å². The summed E-state index contributed by atoms with van der Waals surface area (Å²) in [6.07, 6.45) is 3.68. The maximum absolute atomic E-state index is 11.1. The topological polar surface area (TPSA) is 40.9 Å². The third kappa shape index (κ3) is 1.15. The van der Waals surface area contributed by atoms with Crippen LogP contribution in [-0.4, -0.2) is 5.24 Å². The van der Waals surface area contributed by atoms with Crippen LogP contribution in [0.15, 0.2) is 12.2 Å². The lowest BCUT2D eigenvalue weighted by molar-refractivity contribution is -0.115. The molecule has 0 heterocycles. The lowest BCUT2D eigenvalue weighted by Gasteiger charge is -2.09. The first-order chi connectivity index (χ1) is 5.46. The van der Waals surface area contributed by atoms with E-state index in [1.807, 2.05) is 19.9 Å². The highest BCUT2D eigenvalue weighted by Crippen LogP contribution is 2.65. The van der Waals surface area contributed by atoms with E-state index >= 15 is 0 Å². The Hall–Kier alpha value is -0.810. The van der Waals surface area contributed by atoms with Crippen LogP contribution in [-0.2, 0) is 4.79 Å². The van der Waals surface area contributed by atoms with Crippen LogP contribution < -0.4 is 0 Å². The predicted octanol–water partition coefficient (Wildman–Crippen LogP) is 2.25. The van der Waals surface area contributed by atoms with Gasteiger partial charge in [-0.2, -0.15) is 5.26 Å². The molecule has 0 amide bonds. The van der Waals surface area contributed by atoms with Crippen LogP contribution in [0.1, 0.15) is 20.3 Å². The summed E-state index contributed by atoms with van der Waals surface area (Å²) in [5.74, 6) is 0. The van der Waals surface area contributed by atoms with Crippen molar-refractivity contribution < 1.29 is 4.79 Å². The van der Waals surface area contributed by atoms with Crippen LogP contribution in [0, 0.1) is 22.2 Å². The Morgan fingerprint density at radius 3 is 2.42 bits per heavy atom. The molecule has 1 aliphatic rings. The zero-order valence-corrected chi connectivity index (χ0v) is 7.85. The minimum absolute atomic E-state index is 0.0841. The van der Waals surface area contributed by atoms with Crippen molar-refractivity contribution in [1.29, 1.82) is 5.26 Å². The number of carbonyl (C=O) groups is 1. The number of halogens is 1. The van der Waals surface area contributed by atoms with Gasteiger partial charge in [0.05, 0.1) is 11.5 Å². The van der Waals surface area contributed by atoms with E-state index in [1.54, 1.807) is 6.08 Å². The first-order valence-electron chi connectivity index (χ1n) is 3.73. The maximum atomic E-state index is 11.1. The van der Waals surface area contributed by atoms with Crippen molar-refractivity contribution in [1.82, 2.24) is 0 Å². The Labute approximate surface area is 76.8 Å². The van der Waals surface area contributed by atoms with Gasteiger partial charge in [-0.1, -0.05) is 19.9 Å². The predicted molar refractivity (Wildman–Crippen MR) is 46.4 cm³/mol. The third-order valence-corrected chi connectivity index (χ3v) is 2.93. The van der Waals surface area contributed by atoms with E-state index in [2.05, 4.69) is 0 Å². The van der Waals surface area contributed by atoms with Crippen molar-refractivity contribution in [3.8, 4) is 6.07 Å².